The van der Waals surface area contributed by atoms with Crippen LogP contribution in [0.25, 0.3) is 0 Å². The molecule has 0 unspecified atom stereocenters. The monoisotopic (exact) mass is 216 g/mol. The summed E-state index contributed by atoms with van der Waals surface area (Å²) >= 11 is 0. The molecule has 0 aliphatic rings. The van der Waals surface area contributed by atoms with Gasteiger partial charge in [-0.1, -0.05) is 13.8 Å². The van der Waals surface area contributed by atoms with E-state index in [0.29, 0.717) is 6.42 Å². The Hall–Kier alpha value is -1.06. The highest BCUT2D eigenvalue weighted by Gasteiger charge is 2.29. The summed E-state index contributed by atoms with van der Waals surface area (Å²) in [5.74, 6) is -1.38. The first-order valence-electron chi connectivity index (χ1n) is 5.08. The molecule has 0 saturated carbocycles. The van der Waals surface area contributed by atoms with E-state index in [-0.39, 0.29) is 5.92 Å². The number of ether oxygens (including phenoxy) is 1. The van der Waals surface area contributed by atoms with E-state index >= 15 is 0 Å². The minimum Gasteiger partial charge on any atom is -0.479 e. The Morgan fingerprint density at radius 2 is 1.73 bits per heavy atom. The number of carbonyl (C=O) groups excluding carboxylic acids is 1. The minimum atomic E-state index is -1.08. The van der Waals surface area contributed by atoms with Gasteiger partial charge in [-0.2, -0.15) is 0 Å². The lowest BCUT2D eigenvalue weighted by molar-refractivity contribution is -0.170. The number of hydrogen-bond acceptors (Lipinski definition) is 3. The van der Waals surface area contributed by atoms with Gasteiger partial charge in [0.1, 0.15) is 0 Å². The maximum absolute atomic E-state index is 11.5. The van der Waals surface area contributed by atoms with Crippen molar-refractivity contribution in [3.8, 4) is 0 Å². The zero-order valence-corrected chi connectivity index (χ0v) is 10.0. The molecule has 0 aromatic carbocycles. The summed E-state index contributed by atoms with van der Waals surface area (Å²) in [6.07, 6.45) is -0.686. The SMILES string of the molecule is CC(C)C[C@H](OC(=O)C(C)(C)C)C(=O)O. The van der Waals surface area contributed by atoms with E-state index < -0.39 is 23.5 Å². The lowest BCUT2D eigenvalue weighted by atomic mass is 9.97. The molecular formula is C11H20O4. The second-order valence-electron chi connectivity index (χ2n) is 5.11. The van der Waals surface area contributed by atoms with Crippen molar-refractivity contribution in [1.29, 1.82) is 0 Å². The number of esters is 1. The summed E-state index contributed by atoms with van der Waals surface area (Å²) in [6.45, 7) is 8.87. The van der Waals surface area contributed by atoms with Gasteiger partial charge in [0.2, 0.25) is 0 Å². The van der Waals surface area contributed by atoms with Gasteiger partial charge in [0, 0.05) is 0 Å². The van der Waals surface area contributed by atoms with Crippen LogP contribution in [0.4, 0.5) is 0 Å². The van der Waals surface area contributed by atoms with Gasteiger partial charge < -0.3 is 9.84 Å². The number of carboxylic acid groups (broad SMARTS) is 1. The molecule has 0 aliphatic heterocycles. The van der Waals surface area contributed by atoms with Crippen molar-refractivity contribution in [1.82, 2.24) is 0 Å². The lowest BCUT2D eigenvalue weighted by Crippen LogP contribution is -2.33. The van der Waals surface area contributed by atoms with Gasteiger partial charge in [0.25, 0.3) is 0 Å². The Bertz CT molecular complexity index is 237. The standard InChI is InChI=1S/C11H20O4/c1-7(2)6-8(9(12)13)15-10(14)11(3,4)5/h7-8H,6H2,1-5H3,(H,12,13)/t8-/m0/s1. The molecule has 4 nitrogen and oxygen atoms in total. The number of aliphatic carboxylic acids is 1. The van der Waals surface area contributed by atoms with E-state index in [0.717, 1.165) is 0 Å². The lowest BCUT2D eigenvalue weighted by Gasteiger charge is -2.21. The second-order valence-corrected chi connectivity index (χ2v) is 5.11. The Morgan fingerprint density at radius 3 is 2.00 bits per heavy atom. The molecule has 0 aromatic heterocycles. The zero-order chi connectivity index (χ0) is 12.2. The molecule has 0 aromatic rings. The topological polar surface area (TPSA) is 63.6 Å². The Balaban J connectivity index is 4.43. The van der Waals surface area contributed by atoms with Crippen molar-refractivity contribution in [3.05, 3.63) is 0 Å². The van der Waals surface area contributed by atoms with E-state index in [1.807, 2.05) is 13.8 Å². The van der Waals surface area contributed by atoms with Gasteiger partial charge in [-0.3, -0.25) is 4.79 Å². The quantitative estimate of drug-likeness (QED) is 0.731. The second kappa shape index (κ2) is 5.14. The third-order valence-corrected chi connectivity index (χ3v) is 1.82. The number of carboxylic acids is 1. The van der Waals surface area contributed by atoms with Crippen molar-refractivity contribution < 1.29 is 19.4 Å². The molecule has 0 bridgehead atoms. The third kappa shape index (κ3) is 5.40. The van der Waals surface area contributed by atoms with E-state index in [1.165, 1.54) is 0 Å². The Labute approximate surface area is 90.6 Å². The maximum atomic E-state index is 11.5. The number of hydrogen-bond donors (Lipinski definition) is 1. The van der Waals surface area contributed by atoms with Crippen molar-refractivity contribution in [2.24, 2.45) is 11.3 Å². The van der Waals surface area contributed by atoms with Crippen LogP contribution in [0.15, 0.2) is 0 Å². The molecular weight excluding hydrogens is 196 g/mol. The van der Waals surface area contributed by atoms with Crippen LogP contribution in [0.1, 0.15) is 41.0 Å². The molecule has 0 heterocycles. The number of rotatable bonds is 4. The van der Waals surface area contributed by atoms with Crippen LogP contribution in [0.5, 0.6) is 0 Å². The van der Waals surface area contributed by atoms with E-state index in [9.17, 15) is 9.59 Å². The van der Waals surface area contributed by atoms with E-state index in [4.69, 9.17) is 9.84 Å². The molecule has 1 atom stereocenters. The van der Waals surface area contributed by atoms with Crippen molar-refractivity contribution in [3.63, 3.8) is 0 Å². The van der Waals surface area contributed by atoms with Gasteiger partial charge in [-0.05, 0) is 33.1 Å². The number of carbonyl (C=O) groups is 2. The molecule has 1 N–H and O–H groups in total. The van der Waals surface area contributed by atoms with Crippen LogP contribution in [-0.4, -0.2) is 23.1 Å². The molecule has 0 fully saturated rings. The van der Waals surface area contributed by atoms with Crippen LogP contribution < -0.4 is 0 Å². The fourth-order valence-electron chi connectivity index (χ4n) is 0.933. The molecule has 15 heavy (non-hydrogen) atoms. The van der Waals surface area contributed by atoms with Crippen molar-refractivity contribution >= 4 is 11.9 Å². The van der Waals surface area contributed by atoms with Crippen LogP contribution in [0, 0.1) is 11.3 Å². The summed E-state index contributed by atoms with van der Waals surface area (Å²) < 4.78 is 4.95. The van der Waals surface area contributed by atoms with Gasteiger partial charge in [0.15, 0.2) is 6.10 Å². The maximum Gasteiger partial charge on any atom is 0.345 e. The average Bonchev–Trinajstić information content (AvgIpc) is 1.99. The fraction of sp³-hybridized carbons (Fsp3) is 0.818. The molecule has 0 rings (SSSR count). The predicted octanol–water partition coefficient (Wildman–Crippen LogP) is 2.07. The fourth-order valence-corrected chi connectivity index (χ4v) is 0.933. The minimum absolute atomic E-state index is 0.180. The van der Waals surface area contributed by atoms with E-state index in [2.05, 4.69) is 0 Å². The van der Waals surface area contributed by atoms with Gasteiger partial charge in [0.05, 0.1) is 5.41 Å². The highest BCUT2D eigenvalue weighted by Crippen LogP contribution is 2.18. The summed E-state index contributed by atoms with van der Waals surface area (Å²) in [6, 6.07) is 0. The highest BCUT2D eigenvalue weighted by atomic mass is 16.6. The third-order valence-electron chi connectivity index (χ3n) is 1.82. The first kappa shape index (κ1) is 13.9. The van der Waals surface area contributed by atoms with E-state index in [1.54, 1.807) is 20.8 Å². The van der Waals surface area contributed by atoms with Crippen LogP contribution in [0.3, 0.4) is 0 Å². The van der Waals surface area contributed by atoms with Crippen LogP contribution >= 0.6 is 0 Å². The summed E-state index contributed by atoms with van der Waals surface area (Å²) in [7, 11) is 0. The van der Waals surface area contributed by atoms with Gasteiger partial charge in [-0.25, -0.2) is 4.79 Å². The molecule has 0 saturated heterocycles. The Morgan fingerprint density at radius 1 is 1.27 bits per heavy atom. The predicted molar refractivity (Wildman–Crippen MR) is 56.4 cm³/mol. The van der Waals surface area contributed by atoms with Crippen molar-refractivity contribution in [2.75, 3.05) is 0 Å². The summed E-state index contributed by atoms with van der Waals surface area (Å²) in [5.41, 5.74) is -0.662. The molecule has 0 aliphatic carbocycles. The van der Waals surface area contributed by atoms with Crippen LogP contribution in [-0.2, 0) is 14.3 Å². The molecule has 4 heteroatoms. The Kier molecular flexibility index (Phi) is 4.78. The van der Waals surface area contributed by atoms with Crippen LogP contribution in [0.2, 0.25) is 0 Å². The molecule has 0 spiro atoms. The largest absolute Gasteiger partial charge is 0.479 e. The van der Waals surface area contributed by atoms with Gasteiger partial charge in [-0.15, -0.1) is 0 Å². The normalized spacial score (nSPS) is 13.7. The zero-order valence-electron chi connectivity index (χ0n) is 10.0. The molecule has 0 amide bonds. The first-order valence-corrected chi connectivity index (χ1v) is 5.08. The average molecular weight is 216 g/mol. The molecule has 0 radical (unpaired) electrons. The highest BCUT2D eigenvalue weighted by molar-refractivity contribution is 5.80. The van der Waals surface area contributed by atoms with Crippen molar-refractivity contribution in [2.45, 2.75) is 47.1 Å². The summed E-state index contributed by atoms with van der Waals surface area (Å²) in [5, 5.41) is 8.86. The summed E-state index contributed by atoms with van der Waals surface area (Å²) in [4.78, 5) is 22.3. The molecule has 88 valence electrons. The smallest absolute Gasteiger partial charge is 0.345 e. The van der Waals surface area contributed by atoms with Gasteiger partial charge >= 0.3 is 11.9 Å². The first-order chi connectivity index (χ1) is 6.64.